The van der Waals surface area contributed by atoms with Crippen LogP contribution in [0.1, 0.15) is 27.7 Å². The van der Waals surface area contributed by atoms with Gasteiger partial charge in [0.05, 0.1) is 0 Å². The summed E-state index contributed by atoms with van der Waals surface area (Å²) in [5.41, 5.74) is 0. The Morgan fingerprint density at radius 1 is 1.19 bits per heavy atom. The average molecular weight is 230 g/mol. The topological polar surface area (TPSA) is 60.9 Å². The minimum Gasteiger partial charge on any atom is -0.480 e. The van der Waals surface area contributed by atoms with E-state index < -0.39 is 5.97 Å². The molecule has 0 bridgehead atoms. The van der Waals surface area contributed by atoms with Crippen LogP contribution in [0.2, 0.25) is 0 Å². The molecule has 0 spiro atoms. The molecule has 0 aromatic carbocycles. The summed E-state index contributed by atoms with van der Waals surface area (Å²) >= 11 is 0. The van der Waals surface area contributed by atoms with E-state index >= 15 is 0 Å². The number of amides is 2. The Balaban J connectivity index is 4.61. The van der Waals surface area contributed by atoms with E-state index in [1.807, 2.05) is 27.7 Å². The monoisotopic (exact) mass is 230 g/mol. The van der Waals surface area contributed by atoms with Gasteiger partial charge in [-0.25, -0.2) is 4.79 Å². The van der Waals surface area contributed by atoms with Crippen molar-refractivity contribution in [1.82, 2.24) is 9.80 Å². The molecule has 0 unspecified atom stereocenters. The van der Waals surface area contributed by atoms with Crippen molar-refractivity contribution in [2.24, 2.45) is 5.92 Å². The summed E-state index contributed by atoms with van der Waals surface area (Å²) in [6.07, 6.45) is 0. The Kier molecular flexibility index (Phi) is 5.85. The van der Waals surface area contributed by atoms with Crippen LogP contribution in [0.3, 0.4) is 0 Å². The first kappa shape index (κ1) is 14.7. The maximum atomic E-state index is 11.9. The molecule has 0 saturated carbocycles. The Morgan fingerprint density at radius 2 is 1.69 bits per heavy atom. The summed E-state index contributed by atoms with van der Waals surface area (Å²) in [4.78, 5) is 25.5. The molecule has 0 aliphatic carbocycles. The first-order valence-electron chi connectivity index (χ1n) is 5.49. The summed E-state index contributed by atoms with van der Waals surface area (Å²) in [5, 5.41) is 8.75. The highest BCUT2D eigenvalue weighted by Gasteiger charge is 2.22. The third kappa shape index (κ3) is 5.00. The van der Waals surface area contributed by atoms with E-state index in [2.05, 4.69) is 0 Å². The van der Waals surface area contributed by atoms with Gasteiger partial charge in [-0.1, -0.05) is 13.8 Å². The van der Waals surface area contributed by atoms with Crippen LogP contribution in [0.15, 0.2) is 0 Å². The lowest BCUT2D eigenvalue weighted by atomic mass is 10.2. The predicted molar refractivity (Wildman–Crippen MR) is 62.3 cm³/mol. The minimum atomic E-state index is -0.980. The number of aliphatic carboxylic acids is 1. The van der Waals surface area contributed by atoms with Crippen molar-refractivity contribution in [3.05, 3.63) is 0 Å². The van der Waals surface area contributed by atoms with Crippen LogP contribution in [0.5, 0.6) is 0 Å². The van der Waals surface area contributed by atoms with E-state index in [-0.39, 0.29) is 24.5 Å². The molecule has 0 heterocycles. The van der Waals surface area contributed by atoms with Crippen molar-refractivity contribution in [2.75, 3.05) is 20.1 Å². The molecule has 2 amide bonds. The highest BCUT2D eigenvalue weighted by atomic mass is 16.4. The fraction of sp³-hybridized carbons (Fsp3) is 0.818. The first-order valence-corrected chi connectivity index (χ1v) is 5.49. The molecule has 1 N–H and O–H groups in total. The normalized spacial score (nSPS) is 10.7. The quantitative estimate of drug-likeness (QED) is 0.778. The van der Waals surface area contributed by atoms with Gasteiger partial charge < -0.3 is 14.9 Å². The van der Waals surface area contributed by atoms with E-state index in [1.165, 1.54) is 4.90 Å². The number of nitrogens with zero attached hydrogens (tertiary/aromatic N) is 2. The first-order chi connectivity index (χ1) is 7.25. The number of carboxylic acid groups (broad SMARTS) is 1. The summed E-state index contributed by atoms with van der Waals surface area (Å²) in [6, 6.07) is -0.165. The second-order valence-electron chi connectivity index (χ2n) is 4.66. The molecular weight excluding hydrogens is 208 g/mol. The lowest BCUT2D eigenvalue weighted by Crippen LogP contribution is -2.47. The van der Waals surface area contributed by atoms with Gasteiger partial charge in [-0.2, -0.15) is 0 Å². The molecule has 0 aromatic heterocycles. The van der Waals surface area contributed by atoms with Gasteiger partial charge >= 0.3 is 12.0 Å². The third-order valence-corrected chi connectivity index (χ3v) is 2.26. The highest BCUT2D eigenvalue weighted by Crippen LogP contribution is 2.05. The zero-order valence-corrected chi connectivity index (χ0v) is 10.7. The molecule has 0 atom stereocenters. The summed E-state index contributed by atoms with van der Waals surface area (Å²) in [7, 11) is 1.68. The van der Waals surface area contributed by atoms with Crippen molar-refractivity contribution in [3.63, 3.8) is 0 Å². The van der Waals surface area contributed by atoms with Crippen LogP contribution in [0, 0.1) is 5.92 Å². The van der Waals surface area contributed by atoms with Crippen LogP contribution in [0.25, 0.3) is 0 Å². The highest BCUT2D eigenvalue weighted by molar-refractivity contribution is 5.80. The molecule has 0 aliphatic heterocycles. The molecule has 0 aromatic rings. The zero-order chi connectivity index (χ0) is 12.9. The SMILES string of the molecule is CC(C)CN(CC(=O)O)C(=O)N(C)C(C)C. The van der Waals surface area contributed by atoms with E-state index in [0.717, 1.165) is 0 Å². The Labute approximate surface area is 97.0 Å². The van der Waals surface area contributed by atoms with Crippen molar-refractivity contribution in [2.45, 2.75) is 33.7 Å². The maximum absolute atomic E-state index is 11.9. The third-order valence-electron chi connectivity index (χ3n) is 2.26. The van der Waals surface area contributed by atoms with Gasteiger partial charge in [0.1, 0.15) is 6.54 Å². The van der Waals surface area contributed by atoms with E-state index in [9.17, 15) is 9.59 Å². The van der Waals surface area contributed by atoms with Gasteiger partial charge in [-0.05, 0) is 19.8 Å². The lowest BCUT2D eigenvalue weighted by Gasteiger charge is -2.30. The van der Waals surface area contributed by atoms with E-state index in [1.54, 1.807) is 11.9 Å². The smallest absolute Gasteiger partial charge is 0.323 e. The van der Waals surface area contributed by atoms with Gasteiger partial charge in [-0.15, -0.1) is 0 Å². The van der Waals surface area contributed by atoms with Crippen molar-refractivity contribution >= 4 is 12.0 Å². The number of carbonyl (C=O) groups excluding carboxylic acids is 1. The number of rotatable bonds is 5. The van der Waals surface area contributed by atoms with Gasteiger partial charge in [0.15, 0.2) is 0 Å². The Bertz CT molecular complexity index is 252. The predicted octanol–water partition coefficient (Wildman–Crippen LogP) is 1.49. The summed E-state index contributed by atoms with van der Waals surface area (Å²) in [5.74, 6) is -0.727. The molecule has 5 heteroatoms. The Hall–Kier alpha value is -1.26. The van der Waals surface area contributed by atoms with Crippen LogP contribution < -0.4 is 0 Å². The number of hydrogen-bond donors (Lipinski definition) is 1. The molecular formula is C11H22N2O3. The number of carboxylic acids is 1. The lowest BCUT2D eigenvalue weighted by molar-refractivity contribution is -0.137. The molecule has 0 rings (SSSR count). The number of urea groups is 1. The van der Waals surface area contributed by atoms with Crippen molar-refractivity contribution in [1.29, 1.82) is 0 Å². The molecule has 94 valence electrons. The van der Waals surface area contributed by atoms with Crippen molar-refractivity contribution < 1.29 is 14.7 Å². The average Bonchev–Trinajstić information content (AvgIpc) is 2.12. The molecule has 0 aliphatic rings. The molecule has 0 fully saturated rings. The van der Waals surface area contributed by atoms with Crippen LogP contribution in [-0.4, -0.2) is 53.1 Å². The molecule has 16 heavy (non-hydrogen) atoms. The van der Waals surface area contributed by atoms with Crippen LogP contribution in [-0.2, 0) is 4.79 Å². The fourth-order valence-electron chi connectivity index (χ4n) is 1.26. The largest absolute Gasteiger partial charge is 0.480 e. The van der Waals surface area contributed by atoms with Gasteiger partial charge in [0.25, 0.3) is 0 Å². The van der Waals surface area contributed by atoms with E-state index in [0.29, 0.717) is 6.54 Å². The minimum absolute atomic E-state index is 0.0657. The van der Waals surface area contributed by atoms with E-state index in [4.69, 9.17) is 5.11 Å². The molecule has 0 saturated heterocycles. The second kappa shape index (κ2) is 6.35. The number of hydrogen-bond acceptors (Lipinski definition) is 2. The number of carbonyl (C=O) groups is 2. The second-order valence-corrected chi connectivity index (χ2v) is 4.66. The van der Waals surface area contributed by atoms with Crippen molar-refractivity contribution in [3.8, 4) is 0 Å². The molecule has 5 nitrogen and oxygen atoms in total. The fourth-order valence-corrected chi connectivity index (χ4v) is 1.26. The molecule has 0 radical (unpaired) electrons. The summed E-state index contributed by atoms with van der Waals surface area (Å²) in [6.45, 7) is 7.92. The van der Waals surface area contributed by atoms with Crippen LogP contribution >= 0.6 is 0 Å². The Morgan fingerprint density at radius 3 is 2.00 bits per heavy atom. The van der Waals surface area contributed by atoms with Crippen LogP contribution in [0.4, 0.5) is 4.79 Å². The standard InChI is InChI=1S/C11H22N2O3/c1-8(2)6-13(7-10(14)15)11(16)12(5)9(3)4/h8-9H,6-7H2,1-5H3,(H,14,15). The van der Waals surface area contributed by atoms with Gasteiger partial charge in [-0.3, -0.25) is 4.79 Å². The zero-order valence-electron chi connectivity index (χ0n) is 10.7. The van der Waals surface area contributed by atoms with Gasteiger partial charge in [0.2, 0.25) is 0 Å². The summed E-state index contributed by atoms with van der Waals surface area (Å²) < 4.78 is 0. The maximum Gasteiger partial charge on any atom is 0.323 e. The van der Waals surface area contributed by atoms with Gasteiger partial charge in [0, 0.05) is 19.6 Å².